The molecule has 0 fully saturated rings. The summed E-state index contributed by atoms with van der Waals surface area (Å²) >= 11 is 0. The van der Waals surface area contributed by atoms with Crippen molar-refractivity contribution in [3.8, 4) is 11.1 Å². The minimum absolute atomic E-state index is 0.532. The molecule has 19 heavy (non-hydrogen) atoms. The summed E-state index contributed by atoms with van der Waals surface area (Å²) in [6.45, 7) is 4.51. The van der Waals surface area contributed by atoms with Gasteiger partial charge in [0.15, 0.2) is 0 Å². The Balaban J connectivity index is 2.10. The second-order valence-corrected chi connectivity index (χ2v) is 5.44. The van der Waals surface area contributed by atoms with Crippen LogP contribution in [-0.4, -0.2) is 22.9 Å². The first kappa shape index (κ1) is 13.8. The van der Waals surface area contributed by atoms with Gasteiger partial charge in [0.25, 0.3) is 0 Å². The molecule has 0 aliphatic heterocycles. The fourth-order valence-corrected chi connectivity index (χ4v) is 2.33. The average Bonchev–Trinajstić information content (AvgIpc) is 2.83. The monoisotopic (exact) mass is 257 g/mol. The summed E-state index contributed by atoms with van der Waals surface area (Å²) in [7, 11) is 3.98. The Labute approximate surface area is 115 Å². The van der Waals surface area contributed by atoms with Crippen molar-refractivity contribution >= 4 is 0 Å². The smallest absolute Gasteiger partial charge is 0.0568 e. The molecular weight excluding hydrogens is 234 g/mol. The lowest BCUT2D eigenvalue weighted by Gasteiger charge is -2.20. The minimum Gasteiger partial charge on any atom is -0.316 e. The van der Waals surface area contributed by atoms with E-state index in [4.69, 9.17) is 0 Å². The Morgan fingerprint density at radius 1 is 1.16 bits per heavy atom. The van der Waals surface area contributed by atoms with Crippen LogP contribution in [-0.2, 0) is 13.5 Å². The van der Waals surface area contributed by atoms with Crippen LogP contribution in [0.2, 0.25) is 0 Å². The molecule has 1 unspecified atom stereocenters. The van der Waals surface area contributed by atoms with E-state index in [1.807, 2.05) is 31.2 Å². The fraction of sp³-hybridized carbons (Fsp3) is 0.438. The molecule has 0 saturated heterocycles. The van der Waals surface area contributed by atoms with Crippen LogP contribution < -0.4 is 5.32 Å². The molecule has 1 atom stereocenters. The molecule has 0 radical (unpaired) electrons. The first-order chi connectivity index (χ1) is 9.10. The highest BCUT2D eigenvalue weighted by Crippen LogP contribution is 2.20. The molecule has 2 rings (SSSR count). The SMILES string of the molecule is CNC(Cc1ccc(-c2cnn(C)c2)cc1)C(C)C. The molecule has 3 nitrogen and oxygen atoms in total. The number of hydrogen-bond acceptors (Lipinski definition) is 2. The highest BCUT2D eigenvalue weighted by molar-refractivity contribution is 5.61. The van der Waals surface area contributed by atoms with Crippen molar-refractivity contribution in [1.82, 2.24) is 15.1 Å². The van der Waals surface area contributed by atoms with E-state index in [1.165, 1.54) is 16.7 Å². The van der Waals surface area contributed by atoms with E-state index in [0.29, 0.717) is 12.0 Å². The van der Waals surface area contributed by atoms with E-state index in [2.05, 4.69) is 48.5 Å². The van der Waals surface area contributed by atoms with E-state index in [9.17, 15) is 0 Å². The Morgan fingerprint density at radius 2 is 1.84 bits per heavy atom. The lowest BCUT2D eigenvalue weighted by atomic mass is 9.95. The van der Waals surface area contributed by atoms with Gasteiger partial charge in [-0.15, -0.1) is 0 Å². The molecule has 1 N–H and O–H groups in total. The predicted octanol–water partition coefficient (Wildman–Crippen LogP) is 2.87. The van der Waals surface area contributed by atoms with E-state index >= 15 is 0 Å². The molecule has 0 amide bonds. The lowest BCUT2D eigenvalue weighted by molar-refractivity contribution is 0.424. The predicted molar refractivity (Wildman–Crippen MR) is 80.0 cm³/mol. The first-order valence-corrected chi connectivity index (χ1v) is 6.85. The van der Waals surface area contributed by atoms with Gasteiger partial charge in [0, 0.05) is 24.8 Å². The molecule has 102 valence electrons. The Bertz CT molecular complexity index is 511. The maximum atomic E-state index is 4.21. The largest absolute Gasteiger partial charge is 0.316 e. The fourth-order valence-electron chi connectivity index (χ4n) is 2.33. The highest BCUT2D eigenvalue weighted by Gasteiger charge is 2.11. The van der Waals surface area contributed by atoms with E-state index in [-0.39, 0.29) is 0 Å². The first-order valence-electron chi connectivity index (χ1n) is 6.85. The van der Waals surface area contributed by atoms with Crippen molar-refractivity contribution in [3.63, 3.8) is 0 Å². The molecule has 2 aromatic rings. The van der Waals surface area contributed by atoms with Crippen LogP contribution in [0.5, 0.6) is 0 Å². The quantitative estimate of drug-likeness (QED) is 0.892. The van der Waals surface area contributed by atoms with Crippen molar-refractivity contribution in [3.05, 3.63) is 42.2 Å². The Hall–Kier alpha value is -1.61. The number of aryl methyl sites for hydroxylation is 1. The molecule has 1 aromatic carbocycles. The van der Waals surface area contributed by atoms with Gasteiger partial charge in [-0.1, -0.05) is 38.1 Å². The van der Waals surface area contributed by atoms with Gasteiger partial charge in [-0.3, -0.25) is 4.68 Å². The van der Waals surface area contributed by atoms with Crippen LogP contribution >= 0.6 is 0 Å². The summed E-state index contributed by atoms with van der Waals surface area (Å²) in [6.07, 6.45) is 5.01. The number of hydrogen-bond donors (Lipinski definition) is 1. The van der Waals surface area contributed by atoms with Crippen molar-refractivity contribution in [2.24, 2.45) is 13.0 Å². The second kappa shape index (κ2) is 6.02. The average molecular weight is 257 g/mol. The number of benzene rings is 1. The van der Waals surface area contributed by atoms with Gasteiger partial charge in [0.1, 0.15) is 0 Å². The topological polar surface area (TPSA) is 29.9 Å². The number of aromatic nitrogens is 2. The van der Waals surface area contributed by atoms with Gasteiger partial charge < -0.3 is 5.32 Å². The molecule has 1 aromatic heterocycles. The summed E-state index contributed by atoms with van der Waals surface area (Å²) in [4.78, 5) is 0. The summed E-state index contributed by atoms with van der Waals surface area (Å²) in [5.41, 5.74) is 3.77. The number of nitrogens with one attached hydrogen (secondary N) is 1. The number of nitrogens with zero attached hydrogens (tertiary/aromatic N) is 2. The van der Waals surface area contributed by atoms with Crippen LogP contribution in [0.1, 0.15) is 19.4 Å². The third-order valence-corrected chi connectivity index (χ3v) is 3.62. The summed E-state index contributed by atoms with van der Waals surface area (Å²) in [6, 6.07) is 9.33. The van der Waals surface area contributed by atoms with Crippen LogP contribution in [0.25, 0.3) is 11.1 Å². The number of likely N-dealkylation sites (N-methyl/N-ethyl adjacent to an activating group) is 1. The van der Waals surface area contributed by atoms with Crippen molar-refractivity contribution in [2.75, 3.05) is 7.05 Å². The summed E-state index contributed by atoms with van der Waals surface area (Å²) < 4.78 is 1.83. The zero-order valence-electron chi connectivity index (χ0n) is 12.2. The van der Waals surface area contributed by atoms with Crippen molar-refractivity contribution in [2.45, 2.75) is 26.3 Å². The number of rotatable bonds is 5. The van der Waals surface area contributed by atoms with Crippen LogP contribution in [0.3, 0.4) is 0 Å². The molecule has 0 bridgehead atoms. The zero-order valence-corrected chi connectivity index (χ0v) is 12.2. The van der Waals surface area contributed by atoms with Gasteiger partial charge in [-0.25, -0.2) is 0 Å². The second-order valence-electron chi connectivity index (χ2n) is 5.44. The molecule has 3 heteroatoms. The van der Waals surface area contributed by atoms with Gasteiger partial charge >= 0.3 is 0 Å². The summed E-state index contributed by atoms with van der Waals surface area (Å²) in [5, 5.41) is 7.59. The summed E-state index contributed by atoms with van der Waals surface area (Å²) in [5.74, 6) is 0.642. The van der Waals surface area contributed by atoms with Gasteiger partial charge in [0.05, 0.1) is 6.20 Å². The molecule has 0 aliphatic carbocycles. The Kier molecular flexibility index (Phi) is 4.38. The standard InChI is InChI=1S/C16H23N3/c1-12(2)16(17-3)9-13-5-7-14(8-6-13)15-10-18-19(4)11-15/h5-8,10-12,16-17H,9H2,1-4H3. The van der Waals surface area contributed by atoms with Crippen LogP contribution in [0.4, 0.5) is 0 Å². The third kappa shape index (κ3) is 3.44. The van der Waals surface area contributed by atoms with E-state index in [0.717, 1.165) is 6.42 Å². The Morgan fingerprint density at radius 3 is 2.32 bits per heavy atom. The molecule has 0 saturated carbocycles. The molecule has 0 spiro atoms. The van der Waals surface area contributed by atoms with E-state index in [1.54, 1.807) is 0 Å². The van der Waals surface area contributed by atoms with Gasteiger partial charge in [-0.2, -0.15) is 5.10 Å². The van der Waals surface area contributed by atoms with E-state index < -0.39 is 0 Å². The maximum absolute atomic E-state index is 4.21. The van der Waals surface area contributed by atoms with Crippen LogP contribution in [0, 0.1) is 5.92 Å². The normalized spacial score (nSPS) is 12.9. The van der Waals surface area contributed by atoms with Crippen molar-refractivity contribution in [1.29, 1.82) is 0 Å². The van der Waals surface area contributed by atoms with Gasteiger partial charge in [0.2, 0.25) is 0 Å². The highest BCUT2D eigenvalue weighted by atomic mass is 15.2. The van der Waals surface area contributed by atoms with Crippen LogP contribution in [0.15, 0.2) is 36.7 Å². The molecular formula is C16H23N3. The maximum Gasteiger partial charge on any atom is 0.0568 e. The zero-order chi connectivity index (χ0) is 13.8. The minimum atomic E-state index is 0.532. The molecule has 0 aliphatic rings. The van der Waals surface area contributed by atoms with Gasteiger partial charge in [-0.05, 0) is 30.5 Å². The third-order valence-electron chi connectivity index (χ3n) is 3.62. The molecule has 1 heterocycles. The van der Waals surface area contributed by atoms with Crippen molar-refractivity contribution < 1.29 is 0 Å². The lowest BCUT2D eigenvalue weighted by Crippen LogP contribution is -2.32.